The minimum Gasteiger partial charge on any atom is -0.484 e. The van der Waals surface area contributed by atoms with Crippen molar-refractivity contribution in [1.82, 2.24) is 9.78 Å². The summed E-state index contributed by atoms with van der Waals surface area (Å²) < 4.78 is 21.0. The van der Waals surface area contributed by atoms with Crippen LogP contribution in [-0.2, 0) is 20.1 Å². The number of hydrogen-bond donors (Lipinski definition) is 2. The molecule has 21 heavy (non-hydrogen) atoms. The molecule has 0 saturated heterocycles. The Bertz CT molecular complexity index is 667. The van der Waals surface area contributed by atoms with Gasteiger partial charge in [0.05, 0.1) is 11.4 Å². The largest absolute Gasteiger partial charge is 0.484 e. The smallest absolute Gasteiger partial charge is 0.170 e. The van der Waals surface area contributed by atoms with Crippen LogP contribution in [0.15, 0.2) is 29.4 Å². The Kier molecular flexibility index (Phi) is 4.42. The Hall–Kier alpha value is -2.57. The van der Waals surface area contributed by atoms with Gasteiger partial charge in [0.2, 0.25) is 0 Å². The van der Waals surface area contributed by atoms with E-state index in [0.29, 0.717) is 0 Å². The summed E-state index contributed by atoms with van der Waals surface area (Å²) in [4.78, 5) is 0. The van der Waals surface area contributed by atoms with Crippen LogP contribution in [0.2, 0.25) is 0 Å². The molecule has 0 bridgehead atoms. The molecule has 0 spiro atoms. The zero-order valence-corrected chi connectivity index (χ0v) is 11.9. The first-order valence-corrected chi connectivity index (χ1v) is 6.47. The van der Waals surface area contributed by atoms with E-state index in [4.69, 9.17) is 15.7 Å². The summed E-state index contributed by atoms with van der Waals surface area (Å²) in [5.74, 6) is -0.625. The third kappa shape index (κ3) is 3.31. The SMILES string of the molecule is CCc1cc(COc2ccc(/C(N)=N/O)cc2F)n(C)n1. The van der Waals surface area contributed by atoms with E-state index in [1.807, 2.05) is 20.0 Å². The fraction of sp³-hybridized carbons (Fsp3) is 0.286. The van der Waals surface area contributed by atoms with Crippen molar-refractivity contribution in [3.8, 4) is 5.75 Å². The van der Waals surface area contributed by atoms with E-state index in [-0.39, 0.29) is 23.8 Å². The van der Waals surface area contributed by atoms with Gasteiger partial charge in [0.25, 0.3) is 0 Å². The number of ether oxygens (including phenoxy) is 1. The number of rotatable bonds is 5. The summed E-state index contributed by atoms with van der Waals surface area (Å²) >= 11 is 0. The highest BCUT2D eigenvalue weighted by molar-refractivity contribution is 5.97. The summed E-state index contributed by atoms with van der Waals surface area (Å²) in [6.07, 6.45) is 0.830. The van der Waals surface area contributed by atoms with Crippen LogP contribution in [0.3, 0.4) is 0 Å². The number of hydrogen-bond acceptors (Lipinski definition) is 4. The second-order valence-electron chi connectivity index (χ2n) is 4.52. The standard InChI is InChI=1S/C14H17FN4O2/c1-3-10-7-11(19(2)17-10)8-21-13-5-4-9(6-12(13)15)14(16)18-20/h4-7,20H,3,8H2,1-2H3,(H2,16,18). The highest BCUT2D eigenvalue weighted by atomic mass is 19.1. The lowest BCUT2D eigenvalue weighted by Gasteiger charge is -2.08. The molecule has 0 aliphatic carbocycles. The van der Waals surface area contributed by atoms with Crippen LogP contribution in [0, 0.1) is 5.82 Å². The van der Waals surface area contributed by atoms with Gasteiger partial charge in [-0.05, 0) is 30.7 Å². The van der Waals surface area contributed by atoms with E-state index in [2.05, 4.69) is 10.3 Å². The van der Waals surface area contributed by atoms with Gasteiger partial charge in [-0.25, -0.2) is 4.39 Å². The third-order valence-electron chi connectivity index (χ3n) is 3.10. The van der Waals surface area contributed by atoms with Crippen molar-refractivity contribution in [3.63, 3.8) is 0 Å². The quantitative estimate of drug-likeness (QED) is 0.381. The van der Waals surface area contributed by atoms with Gasteiger partial charge in [0.1, 0.15) is 6.61 Å². The second kappa shape index (κ2) is 6.25. The van der Waals surface area contributed by atoms with Crippen LogP contribution in [0.25, 0.3) is 0 Å². The zero-order valence-electron chi connectivity index (χ0n) is 11.9. The number of oxime groups is 1. The lowest BCUT2D eigenvalue weighted by Crippen LogP contribution is -2.13. The fourth-order valence-corrected chi connectivity index (χ4v) is 1.87. The molecule has 1 aromatic heterocycles. The summed E-state index contributed by atoms with van der Waals surface area (Å²) in [6, 6.07) is 6.04. The number of aryl methyl sites for hydroxylation is 2. The van der Waals surface area contributed by atoms with Crippen molar-refractivity contribution in [2.75, 3.05) is 0 Å². The van der Waals surface area contributed by atoms with Gasteiger partial charge in [-0.15, -0.1) is 0 Å². The van der Waals surface area contributed by atoms with Gasteiger partial charge in [0.15, 0.2) is 17.4 Å². The summed E-state index contributed by atoms with van der Waals surface area (Å²) in [5.41, 5.74) is 7.50. The van der Waals surface area contributed by atoms with E-state index in [1.54, 1.807) is 4.68 Å². The summed E-state index contributed by atoms with van der Waals surface area (Å²) in [5, 5.41) is 15.7. The first kappa shape index (κ1) is 14.8. The number of amidine groups is 1. The highest BCUT2D eigenvalue weighted by Gasteiger charge is 2.09. The molecule has 0 aliphatic heterocycles. The minimum absolute atomic E-state index is 0.101. The van der Waals surface area contributed by atoms with Gasteiger partial charge < -0.3 is 15.7 Å². The second-order valence-corrected chi connectivity index (χ2v) is 4.52. The lowest BCUT2D eigenvalue weighted by molar-refractivity contribution is 0.280. The Morgan fingerprint density at radius 1 is 1.48 bits per heavy atom. The zero-order chi connectivity index (χ0) is 15.4. The van der Waals surface area contributed by atoms with Crippen LogP contribution < -0.4 is 10.5 Å². The maximum atomic E-state index is 13.9. The first-order chi connectivity index (χ1) is 10.0. The molecule has 3 N–H and O–H groups in total. The molecule has 1 aromatic carbocycles. The van der Waals surface area contributed by atoms with Crippen molar-refractivity contribution in [2.24, 2.45) is 17.9 Å². The molecule has 0 fully saturated rings. The number of nitrogens with two attached hydrogens (primary N) is 1. The molecule has 0 radical (unpaired) electrons. The number of benzene rings is 1. The van der Waals surface area contributed by atoms with Gasteiger partial charge in [-0.2, -0.15) is 5.10 Å². The van der Waals surface area contributed by atoms with Crippen molar-refractivity contribution < 1.29 is 14.3 Å². The van der Waals surface area contributed by atoms with Gasteiger partial charge in [-0.3, -0.25) is 4.68 Å². The maximum absolute atomic E-state index is 13.9. The van der Waals surface area contributed by atoms with Gasteiger partial charge >= 0.3 is 0 Å². The third-order valence-corrected chi connectivity index (χ3v) is 3.10. The van der Waals surface area contributed by atoms with E-state index >= 15 is 0 Å². The lowest BCUT2D eigenvalue weighted by atomic mass is 10.2. The summed E-state index contributed by atoms with van der Waals surface area (Å²) in [6.45, 7) is 2.22. The Balaban J connectivity index is 2.11. The van der Waals surface area contributed by atoms with Crippen LogP contribution in [0.5, 0.6) is 5.75 Å². The molecule has 0 saturated carbocycles. The number of aromatic nitrogens is 2. The minimum atomic E-state index is -0.572. The number of halogens is 1. The molecule has 0 atom stereocenters. The van der Waals surface area contributed by atoms with Crippen LogP contribution in [0.4, 0.5) is 4.39 Å². The molecule has 2 rings (SSSR count). The summed E-state index contributed by atoms with van der Waals surface area (Å²) in [7, 11) is 1.82. The van der Waals surface area contributed by atoms with E-state index in [1.165, 1.54) is 12.1 Å². The van der Waals surface area contributed by atoms with Crippen LogP contribution in [0.1, 0.15) is 23.9 Å². The molecule has 112 valence electrons. The van der Waals surface area contributed by atoms with Crippen molar-refractivity contribution in [3.05, 3.63) is 47.0 Å². The average Bonchev–Trinajstić information content (AvgIpc) is 2.85. The first-order valence-electron chi connectivity index (χ1n) is 6.47. The topological polar surface area (TPSA) is 85.7 Å². The fourth-order valence-electron chi connectivity index (χ4n) is 1.87. The van der Waals surface area contributed by atoms with Crippen molar-refractivity contribution in [1.29, 1.82) is 0 Å². The Labute approximate surface area is 121 Å². The van der Waals surface area contributed by atoms with Gasteiger partial charge in [-0.1, -0.05) is 12.1 Å². The molecule has 0 amide bonds. The molecule has 7 heteroatoms. The van der Waals surface area contributed by atoms with Gasteiger partial charge in [0, 0.05) is 12.6 Å². The average molecular weight is 292 g/mol. The van der Waals surface area contributed by atoms with E-state index in [0.717, 1.165) is 23.9 Å². The molecule has 1 heterocycles. The molecule has 0 aliphatic rings. The maximum Gasteiger partial charge on any atom is 0.170 e. The van der Waals surface area contributed by atoms with Crippen molar-refractivity contribution >= 4 is 5.84 Å². The highest BCUT2D eigenvalue weighted by Crippen LogP contribution is 2.20. The predicted molar refractivity (Wildman–Crippen MR) is 75.8 cm³/mol. The van der Waals surface area contributed by atoms with Crippen LogP contribution in [-0.4, -0.2) is 20.8 Å². The molecule has 6 nitrogen and oxygen atoms in total. The molecular weight excluding hydrogens is 275 g/mol. The Morgan fingerprint density at radius 3 is 2.81 bits per heavy atom. The molecular formula is C14H17FN4O2. The molecule has 2 aromatic rings. The normalized spacial score (nSPS) is 11.7. The predicted octanol–water partition coefficient (Wildman–Crippen LogP) is 1.80. The monoisotopic (exact) mass is 292 g/mol. The Morgan fingerprint density at radius 2 is 2.24 bits per heavy atom. The van der Waals surface area contributed by atoms with Crippen molar-refractivity contribution in [2.45, 2.75) is 20.0 Å². The molecule has 0 unspecified atom stereocenters. The number of nitrogens with zero attached hydrogens (tertiary/aromatic N) is 3. The van der Waals surface area contributed by atoms with Crippen LogP contribution >= 0.6 is 0 Å². The van der Waals surface area contributed by atoms with E-state index < -0.39 is 5.82 Å². The van der Waals surface area contributed by atoms with E-state index in [9.17, 15) is 4.39 Å².